The summed E-state index contributed by atoms with van der Waals surface area (Å²) in [5.41, 5.74) is 4.47. The lowest BCUT2D eigenvalue weighted by Gasteiger charge is -2.22. The van der Waals surface area contributed by atoms with E-state index in [4.69, 9.17) is 10.5 Å². The number of carbonyl (C=O) groups is 2. The zero-order valence-electron chi connectivity index (χ0n) is 12.1. The molecule has 0 aliphatic heterocycles. The normalized spacial score (nSPS) is 13.3. The van der Waals surface area contributed by atoms with E-state index < -0.39 is 11.5 Å². The molecular weight excluding hydrogens is 292 g/mol. The molecule has 1 atom stereocenters. The number of nitrogens with one attached hydrogen (secondary N) is 1. The van der Waals surface area contributed by atoms with Gasteiger partial charge in [-0.25, -0.2) is 0 Å². The van der Waals surface area contributed by atoms with Gasteiger partial charge < -0.3 is 20.9 Å². The molecule has 0 bridgehead atoms. The van der Waals surface area contributed by atoms with Gasteiger partial charge in [0, 0.05) is 12.3 Å². The van der Waals surface area contributed by atoms with Crippen LogP contribution in [0.2, 0.25) is 0 Å². The van der Waals surface area contributed by atoms with Gasteiger partial charge in [0.05, 0.1) is 11.2 Å². The van der Waals surface area contributed by atoms with Crippen molar-refractivity contribution in [3.05, 3.63) is 29.8 Å². The van der Waals surface area contributed by atoms with E-state index >= 15 is 0 Å². The number of aliphatic hydroxyl groups is 1. The first-order chi connectivity index (χ1) is 9.85. The van der Waals surface area contributed by atoms with Crippen molar-refractivity contribution < 1.29 is 19.4 Å². The second-order valence-corrected chi connectivity index (χ2v) is 5.72. The Morgan fingerprint density at radius 3 is 2.71 bits per heavy atom. The van der Waals surface area contributed by atoms with E-state index in [1.165, 1.54) is 17.8 Å². The van der Waals surface area contributed by atoms with Crippen molar-refractivity contribution in [3.63, 3.8) is 0 Å². The first kappa shape index (κ1) is 17.3. The van der Waals surface area contributed by atoms with Gasteiger partial charge in [-0.2, -0.15) is 11.8 Å². The Morgan fingerprint density at radius 2 is 2.10 bits per heavy atom. The maximum absolute atomic E-state index is 11.7. The minimum absolute atomic E-state index is 0.132. The molecule has 0 fully saturated rings. The molecule has 1 rings (SSSR count). The number of hydrogen-bond donors (Lipinski definition) is 3. The minimum atomic E-state index is -0.972. The average molecular weight is 312 g/mol. The van der Waals surface area contributed by atoms with Crippen LogP contribution >= 0.6 is 11.8 Å². The van der Waals surface area contributed by atoms with Crippen LogP contribution in [0.25, 0.3) is 0 Å². The quantitative estimate of drug-likeness (QED) is 0.645. The summed E-state index contributed by atoms with van der Waals surface area (Å²) in [5.74, 6) is -0.223. The lowest BCUT2D eigenvalue weighted by molar-refractivity contribution is -0.124. The SMILES string of the molecule is CSCC(C)(O)CNC(=O)COc1ccccc1C(N)=O. The standard InChI is InChI=1S/C14H20N2O4S/c1-14(19,9-21-2)8-16-12(17)7-20-11-6-4-3-5-10(11)13(15)18/h3-6,19H,7-9H2,1-2H3,(H2,15,18)(H,16,17). The Hall–Kier alpha value is -1.73. The van der Waals surface area contributed by atoms with Crippen molar-refractivity contribution in [2.75, 3.05) is 25.2 Å². The Labute approximate surface area is 128 Å². The molecule has 116 valence electrons. The topological polar surface area (TPSA) is 102 Å². The third-order valence-corrected chi connectivity index (χ3v) is 3.54. The van der Waals surface area contributed by atoms with Crippen molar-refractivity contribution in [2.45, 2.75) is 12.5 Å². The van der Waals surface area contributed by atoms with E-state index in [1.54, 1.807) is 25.1 Å². The summed E-state index contributed by atoms with van der Waals surface area (Å²) in [7, 11) is 0. The van der Waals surface area contributed by atoms with E-state index in [0.29, 0.717) is 5.75 Å². The number of benzene rings is 1. The molecule has 2 amide bonds. The van der Waals surface area contributed by atoms with Crippen LogP contribution in [-0.2, 0) is 4.79 Å². The van der Waals surface area contributed by atoms with Crippen LogP contribution in [0.4, 0.5) is 0 Å². The van der Waals surface area contributed by atoms with Crippen LogP contribution in [0.3, 0.4) is 0 Å². The summed E-state index contributed by atoms with van der Waals surface area (Å²) in [6, 6.07) is 6.44. The van der Waals surface area contributed by atoms with E-state index in [0.717, 1.165) is 0 Å². The van der Waals surface area contributed by atoms with Gasteiger partial charge in [0.15, 0.2) is 6.61 Å². The fraction of sp³-hybridized carbons (Fsp3) is 0.429. The molecular formula is C14H20N2O4S. The van der Waals surface area contributed by atoms with Crippen LogP contribution in [0.1, 0.15) is 17.3 Å². The summed E-state index contributed by atoms with van der Waals surface area (Å²) in [6.07, 6.45) is 1.88. The number of amides is 2. The Kier molecular flexibility index (Phi) is 6.51. The predicted octanol–water partition coefficient (Wildman–Crippen LogP) is 0.394. The van der Waals surface area contributed by atoms with Crippen molar-refractivity contribution in [1.82, 2.24) is 5.32 Å². The molecule has 0 spiro atoms. The first-order valence-corrected chi connectivity index (χ1v) is 7.75. The summed E-state index contributed by atoms with van der Waals surface area (Å²) in [5, 5.41) is 12.5. The zero-order chi connectivity index (χ0) is 15.9. The smallest absolute Gasteiger partial charge is 0.258 e. The van der Waals surface area contributed by atoms with Crippen molar-refractivity contribution in [3.8, 4) is 5.75 Å². The van der Waals surface area contributed by atoms with E-state index in [-0.39, 0.29) is 30.4 Å². The molecule has 4 N–H and O–H groups in total. The largest absolute Gasteiger partial charge is 0.483 e. The third-order valence-electron chi connectivity index (χ3n) is 2.63. The fourth-order valence-electron chi connectivity index (χ4n) is 1.64. The van der Waals surface area contributed by atoms with Crippen LogP contribution in [0, 0.1) is 0 Å². The van der Waals surface area contributed by atoms with Gasteiger partial charge in [-0.3, -0.25) is 9.59 Å². The maximum atomic E-state index is 11.7. The zero-order valence-corrected chi connectivity index (χ0v) is 12.9. The molecule has 0 aliphatic carbocycles. The average Bonchev–Trinajstić information content (AvgIpc) is 2.43. The molecule has 0 saturated heterocycles. The van der Waals surface area contributed by atoms with Crippen LogP contribution in [0.5, 0.6) is 5.75 Å². The molecule has 0 saturated carbocycles. The number of hydrogen-bond acceptors (Lipinski definition) is 5. The number of ether oxygens (including phenoxy) is 1. The van der Waals surface area contributed by atoms with Crippen molar-refractivity contribution >= 4 is 23.6 Å². The van der Waals surface area contributed by atoms with Crippen LogP contribution in [0.15, 0.2) is 24.3 Å². The monoisotopic (exact) mass is 312 g/mol. The number of thioether (sulfide) groups is 1. The first-order valence-electron chi connectivity index (χ1n) is 6.35. The summed E-state index contributed by atoms with van der Waals surface area (Å²) in [6.45, 7) is 1.53. The molecule has 6 nitrogen and oxygen atoms in total. The number of carbonyl (C=O) groups excluding carboxylic acids is 2. The molecule has 0 aliphatic rings. The van der Waals surface area contributed by atoms with Gasteiger partial charge in [0.25, 0.3) is 11.8 Å². The Morgan fingerprint density at radius 1 is 1.43 bits per heavy atom. The molecule has 1 aromatic rings. The highest BCUT2D eigenvalue weighted by atomic mass is 32.2. The number of rotatable bonds is 8. The van der Waals surface area contributed by atoms with Gasteiger partial charge in [-0.15, -0.1) is 0 Å². The fourth-order valence-corrected chi connectivity index (χ4v) is 2.37. The Balaban J connectivity index is 2.49. The molecule has 1 aromatic carbocycles. The summed E-state index contributed by atoms with van der Waals surface area (Å²) < 4.78 is 5.29. The van der Waals surface area contributed by atoms with Gasteiger partial charge >= 0.3 is 0 Å². The second-order valence-electron chi connectivity index (χ2n) is 4.86. The lowest BCUT2D eigenvalue weighted by Crippen LogP contribution is -2.43. The van der Waals surface area contributed by atoms with Crippen molar-refractivity contribution in [2.24, 2.45) is 5.73 Å². The third kappa shape index (κ3) is 6.05. The molecule has 0 aromatic heterocycles. The van der Waals surface area contributed by atoms with E-state index in [1.807, 2.05) is 6.26 Å². The highest BCUT2D eigenvalue weighted by Gasteiger charge is 2.20. The van der Waals surface area contributed by atoms with Gasteiger partial charge in [-0.05, 0) is 25.3 Å². The van der Waals surface area contributed by atoms with Gasteiger partial charge in [-0.1, -0.05) is 12.1 Å². The molecule has 0 radical (unpaired) electrons. The van der Waals surface area contributed by atoms with E-state index in [9.17, 15) is 14.7 Å². The van der Waals surface area contributed by atoms with Crippen molar-refractivity contribution in [1.29, 1.82) is 0 Å². The minimum Gasteiger partial charge on any atom is -0.483 e. The van der Waals surface area contributed by atoms with Crippen LogP contribution < -0.4 is 15.8 Å². The second kappa shape index (κ2) is 7.90. The van der Waals surface area contributed by atoms with Gasteiger partial charge in [0.1, 0.15) is 5.75 Å². The lowest BCUT2D eigenvalue weighted by atomic mass is 10.1. The highest BCUT2D eigenvalue weighted by molar-refractivity contribution is 7.98. The summed E-state index contributed by atoms with van der Waals surface area (Å²) in [4.78, 5) is 22.9. The molecule has 1 unspecified atom stereocenters. The highest BCUT2D eigenvalue weighted by Crippen LogP contribution is 2.16. The number of primary amides is 1. The summed E-state index contributed by atoms with van der Waals surface area (Å²) >= 11 is 1.49. The number of nitrogens with two attached hydrogens (primary N) is 1. The van der Waals surface area contributed by atoms with Crippen LogP contribution in [-0.4, -0.2) is 47.7 Å². The maximum Gasteiger partial charge on any atom is 0.258 e. The number of para-hydroxylation sites is 1. The van der Waals surface area contributed by atoms with Gasteiger partial charge in [0.2, 0.25) is 0 Å². The molecule has 21 heavy (non-hydrogen) atoms. The van der Waals surface area contributed by atoms with E-state index in [2.05, 4.69) is 5.32 Å². The Bertz CT molecular complexity index is 506. The molecule has 7 heteroatoms. The predicted molar refractivity (Wildman–Crippen MR) is 82.5 cm³/mol. The molecule has 0 heterocycles.